The molecule has 158 valence electrons. The van der Waals surface area contributed by atoms with Gasteiger partial charge in [0.2, 0.25) is 5.91 Å². The van der Waals surface area contributed by atoms with Crippen molar-refractivity contribution in [2.24, 2.45) is 5.92 Å². The van der Waals surface area contributed by atoms with Gasteiger partial charge in [-0.3, -0.25) is 14.4 Å². The summed E-state index contributed by atoms with van der Waals surface area (Å²) in [6.07, 6.45) is 0.0212. The van der Waals surface area contributed by atoms with Crippen LogP contribution in [0.25, 0.3) is 0 Å². The van der Waals surface area contributed by atoms with E-state index in [9.17, 15) is 14.4 Å². The van der Waals surface area contributed by atoms with Crippen LogP contribution in [0.2, 0.25) is 10.0 Å². The Morgan fingerprint density at radius 2 is 1.90 bits per heavy atom. The van der Waals surface area contributed by atoms with Crippen molar-refractivity contribution in [2.45, 2.75) is 20.3 Å². The summed E-state index contributed by atoms with van der Waals surface area (Å²) in [5.41, 5.74) is 2.87. The number of benzene rings is 2. The molecule has 1 aliphatic rings. The average molecular weight is 514 g/mol. The van der Waals surface area contributed by atoms with Gasteiger partial charge in [0.1, 0.15) is 0 Å². The Morgan fingerprint density at radius 1 is 1.17 bits per heavy atom. The molecule has 1 saturated heterocycles. The monoisotopic (exact) mass is 512 g/mol. The molecule has 2 aromatic rings. The van der Waals surface area contributed by atoms with Gasteiger partial charge in [0.15, 0.2) is 6.61 Å². The molecule has 1 aliphatic heterocycles. The minimum absolute atomic E-state index is 0.0212. The number of aryl methyl sites for hydroxylation is 2. The summed E-state index contributed by atoms with van der Waals surface area (Å²) < 4.78 is 5.85. The number of halogens is 3. The van der Waals surface area contributed by atoms with E-state index < -0.39 is 24.4 Å². The fraction of sp³-hybridized carbons (Fsp3) is 0.286. The molecule has 30 heavy (non-hydrogen) atoms. The number of ether oxygens (including phenoxy) is 1. The molecule has 0 radical (unpaired) electrons. The number of amides is 2. The van der Waals surface area contributed by atoms with E-state index in [1.54, 1.807) is 24.3 Å². The SMILES string of the molecule is Cc1ccc(N2C[C@@H](C(=O)OCC(=O)Nc3cc(Cl)c(Br)cc3C)CC2=O)cc1Cl. The largest absolute Gasteiger partial charge is 0.455 e. The highest BCUT2D eigenvalue weighted by Gasteiger charge is 2.36. The maximum atomic E-state index is 12.4. The first-order chi connectivity index (χ1) is 14.2. The molecule has 9 heteroatoms. The third-order valence-electron chi connectivity index (χ3n) is 4.81. The van der Waals surface area contributed by atoms with Crippen LogP contribution in [0.4, 0.5) is 11.4 Å². The van der Waals surface area contributed by atoms with Crippen LogP contribution in [0.3, 0.4) is 0 Å². The fourth-order valence-electron chi connectivity index (χ4n) is 3.09. The van der Waals surface area contributed by atoms with Crippen LogP contribution >= 0.6 is 39.1 Å². The second kappa shape index (κ2) is 9.37. The maximum absolute atomic E-state index is 12.4. The van der Waals surface area contributed by atoms with Crippen LogP contribution in [0.15, 0.2) is 34.8 Å². The predicted octanol–water partition coefficient (Wildman–Crippen LogP) is 4.91. The van der Waals surface area contributed by atoms with E-state index in [0.717, 1.165) is 15.6 Å². The quantitative estimate of drug-likeness (QED) is 0.576. The number of nitrogens with one attached hydrogen (secondary N) is 1. The summed E-state index contributed by atoms with van der Waals surface area (Å²) in [6.45, 7) is 3.42. The lowest BCUT2D eigenvalue weighted by Crippen LogP contribution is -2.28. The third kappa shape index (κ3) is 5.14. The number of esters is 1. The highest BCUT2D eigenvalue weighted by molar-refractivity contribution is 9.10. The normalized spacial score (nSPS) is 16.0. The van der Waals surface area contributed by atoms with Gasteiger partial charge >= 0.3 is 5.97 Å². The second-order valence-electron chi connectivity index (χ2n) is 7.08. The lowest BCUT2D eigenvalue weighted by atomic mass is 10.1. The summed E-state index contributed by atoms with van der Waals surface area (Å²) in [4.78, 5) is 38.4. The molecule has 0 spiro atoms. The average Bonchev–Trinajstić information content (AvgIpc) is 3.08. The Hall–Kier alpha value is -2.09. The van der Waals surface area contributed by atoms with Crippen LogP contribution in [0, 0.1) is 19.8 Å². The van der Waals surface area contributed by atoms with Gasteiger partial charge in [-0.25, -0.2) is 0 Å². The molecule has 0 aromatic heterocycles. The molecule has 1 heterocycles. The lowest BCUT2D eigenvalue weighted by Gasteiger charge is -2.17. The minimum Gasteiger partial charge on any atom is -0.455 e. The van der Waals surface area contributed by atoms with Gasteiger partial charge in [0, 0.05) is 33.8 Å². The van der Waals surface area contributed by atoms with Crippen molar-refractivity contribution in [1.82, 2.24) is 0 Å². The van der Waals surface area contributed by atoms with Crippen molar-refractivity contribution in [2.75, 3.05) is 23.4 Å². The molecular weight excluding hydrogens is 495 g/mol. The van der Waals surface area contributed by atoms with Crippen molar-refractivity contribution in [3.8, 4) is 0 Å². The zero-order valence-corrected chi connectivity index (χ0v) is 19.4. The van der Waals surface area contributed by atoms with Gasteiger partial charge in [-0.2, -0.15) is 0 Å². The molecule has 2 aromatic carbocycles. The summed E-state index contributed by atoms with van der Waals surface area (Å²) in [6, 6.07) is 8.69. The number of carbonyl (C=O) groups is 3. The predicted molar refractivity (Wildman–Crippen MR) is 120 cm³/mol. The van der Waals surface area contributed by atoms with E-state index in [1.165, 1.54) is 4.90 Å². The van der Waals surface area contributed by atoms with Gasteiger partial charge < -0.3 is 15.0 Å². The Morgan fingerprint density at radius 3 is 2.60 bits per heavy atom. The first kappa shape index (κ1) is 22.6. The molecule has 1 N–H and O–H groups in total. The van der Waals surface area contributed by atoms with Crippen molar-refractivity contribution >= 4 is 68.3 Å². The van der Waals surface area contributed by atoms with Crippen LogP contribution in [0.1, 0.15) is 17.5 Å². The van der Waals surface area contributed by atoms with Gasteiger partial charge in [-0.1, -0.05) is 29.3 Å². The smallest absolute Gasteiger partial charge is 0.311 e. The van der Waals surface area contributed by atoms with Crippen molar-refractivity contribution in [3.05, 3.63) is 56.0 Å². The first-order valence-corrected chi connectivity index (χ1v) is 10.7. The Labute approximate surface area is 192 Å². The number of rotatable bonds is 5. The van der Waals surface area contributed by atoms with Crippen molar-refractivity contribution in [3.63, 3.8) is 0 Å². The molecule has 0 saturated carbocycles. The summed E-state index contributed by atoms with van der Waals surface area (Å²) >= 11 is 15.5. The zero-order valence-electron chi connectivity index (χ0n) is 16.3. The number of anilines is 2. The molecule has 6 nitrogen and oxygen atoms in total. The van der Waals surface area contributed by atoms with E-state index in [0.29, 0.717) is 21.4 Å². The second-order valence-corrected chi connectivity index (χ2v) is 8.74. The Bertz CT molecular complexity index is 1030. The topological polar surface area (TPSA) is 75.7 Å². The maximum Gasteiger partial charge on any atom is 0.311 e. The van der Waals surface area contributed by atoms with Gasteiger partial charge in [-0.05, 0) is 65.2 Å². The van der Waals surface area contributed by atoms with E-state index in [-0.39, 0.29) is 18.9 Å². The molecule has 0 aliphatic carbocycles. The summed E-state index contributed by atoms with van der Waals surface area (Å²) in [5.74, 6) is -1.92. The molecule has 1 atom stereocenters. The number of carbonyl (C=O) groups excluding carboxylic acids is 3. The van der Waals surface area contributed by atoms with Crippen molar-refractivity contribution in [1.29, 1.82) is 0 Å². The van der Waals surface area contributed by atoms with Gasteiger partial charge in [-0.15, -0.1) is 0 Å². The van der Waals surface area contributed by atoms with E-state index in [4.69, 9.17) is 27.9 Å². The Kier molecular flexibility index (Phi) is 7.06. The summed E-state index contributed by atoms with van der Waals surface area (Å²) in [7, 11) is 0. The van der Waals surface area contributed by atoms with Crippen LogP contribution in [-0.4, -0.2) is 30.9 Å². The van der Waals surface area contributed by atoms with E-state index in [2.05, 4.69) is 21.2 Å². The van der Waals surface area contributed by atoms with Crippen LogP contribution in [-0.2, 0) is 19.1 Å². The molecule has 2 amide bonds. The lowest BCUT2D eigenvalue weighted by molar-refractivity contribution is -0.151. The summed E-state index contributed by atoms with van der Waals surface area (Å²) in [5, 5.41) is 3.67. The number of hydrogen-bond donors (Lipinski definition) is 1. The minimum atomic E-state index is -0.644. The molecular formula is C21H19BrCl2N2O4. The third-order valence-corrected chi connectivity index (χ3v) is 6.42. The van der Waals surface area contributed by atoms with E-state index >= 15 is 0 Å². The van der Waals surface area contributed by atoms with Crippen LogP contribution < -0.4 is 10.2 Å². The molecule has 0 unspecified atom stereocenters. The highest BCUT2D eigenvalue weighted by atomic mass is 79.9. The first-order valence-electron chi connectivity index (χ1n) is 9.14. The molecule has 1 fully saturated rings. The van der Waals surface area contributed by atoms with Crippen molar-refractivity contribution < 1.29 is 19.1 Å². The van der Waals surface area contributed by atoms with Crippen LogP contribution in [0.5, 0.6) is 0 Å². The fourth-order valence-corrected chi connectivity index (χ4v) is 3.88. The molecule has 0 bridgehead atoms. The standard InChI is InChI=1S/C21H19BrCl2N2O4/c1-11-3-4-14(7-16(11)23)26-9-13(6-20(26)28)21(29)30-10-19(27)25-18-8-17(24)15(22)5-12(18)2/h3-5,7-8,13H,6,9-10H2,1-2H3,(H,25,27)/t13-/m0/s1. The number of nitrogens with zero attached hydrogens (tertiary/aromatic N) is 1. The molecule has 3 rings (SSSR count). The number of hydrogen-bond acceptors (Lipinski definition) is 4. The zero-order chi connectivity index (χ0) is 22.0. The Balaban J connectivity index is 1.56. The van der Waals surface area contributed by atoms with E-state index in [1.807, 2.05) is 19.9 Å². The van der Waals surface area contributed by atoms with Gasteiger partial charge in [0.25, 0.3) is 5.91 Å². The van der Waals surface area contributed by atoms with Gasteiger partial charge in [0.05, 0.1) is 10.9 Å². The highest BCUT2D eigenvalue weighted by Crippen LogP contribution is 2.30.